The summed E-state index contributed by atoms with van der Waals surface area (Å²) >= 11 is 0. The molecule has 0 bridgehead atoms. The molecule has 0 saturated heterocycles. The molecule has 1 aromatic carbocycles. The van der Waals surface area contributed by atoms with Gasteiger partial charge >= 0.3 is 6.03 Å². The van der Waals surface area contributed by atoms with E-state index in [1.165, 1.54) is 44.1 Å². The molecule has 25 heavy (non-hydrogen) atoms. The average molecular weight is 344 g/mol. The molecule has 1 atom stereocenters. The predicted molar refractivity (Wildman–Crippen MR) is 101 cm³/mol. The predicted octanol–water partition coefficient (Wildman–Crippen LogP) is 4.52. The molecular formula is C21H32N2O2. The SMILES string of the molecule is CC(c1ccccc1)N(CC1CC1)C(=O)NCCCOC1CCCC1. The Morgan fingerprint density at radius 2 is 1.92 bits per heavy atom. The molecule has 2 saturated carbocycles. The maximum absolute atomic E-state index is 12.7. The summed E-state index contributed by atoms with van der Waals surface area (Å²) in [5.41, 5.74) is 1.20. The first-order chi connectivity index (χ1) is 12.2. The van der Waals surface area contributed by atoms with Crippen molar-refractivity contribution in [2.75, 3.05) is 19.7 Å². The van der Waals surface area contributed by atoms with Gasteiger partial charge in [-0.15, -0.1) is 0 Å². The summed E-state index contributed by atoms with van der Waals surface area (Å²) < 4.78 is 5.87. The first-order valence-electron chi connectivity index (χ1n) is 9.95. The van der Waals surface area contributed by atoms with Gasteiger partial charge in [0.05, 0.1) is 12.1 Å². The van der Waals surface area contributed by atoms with Gasteiger partial charge in [0.1, 0.15) is 0 Å². The number of rotatable bonds is 9. The van der Waals surface area contributed by atoms with Crippen molar-refractivity contribution in [1.82, 2.24) is 10.2 Å². The van der Waals surface area contributed by atoms with E-state index in [1.807, 2.05) is 23.1 Å². The van der Waals surface area contributed by atoms with Crippen LogP contribution < -0.4 is 5.32 Å². The Morgan fingerprint density at radius 1 is 1.20 bits per heavy atom. The zero-order valence-corrected chi connectivity index (χ0v) is 15.5. The van der Waals surface area contributed by atoms with Gasteiger partial charge in [-0.05, 0) is 50.5 Å². The zero-order chi connectivity index (χ0) is 17.5. The summed E-state index contributed by atoms with van der Waals surface area (Å²) in [6.45, 7) is 4.43. The molecule has 1 N–H and O–H groups in total. The highest BCUT2D eigenvalue weighted by atomic mass is 16.5. The van der Waals surface area contributed by atoms with Crippen LogP contribution in [-0.2, 0) is 4.74 Å². The van der Waals surface area contributed by atoms with Gasteiger partial charge in [-0.25, -0.2) is 4.79 Å². The van der Waals surface area contributed by atoms with E-state index in [1.54, 1.807) is 0 Å². The largest absolute Gasteiger partial charge is 0.378 e. The summed E-state index contributed by atoms with van der Waals surface area (Å²) in [6, 6.07) is 10.5. The molecule has 4 heteroatoms. The molecule has 2 fully saturated rings. The van der Waals surface area contributed by atoms with Crippen LogP contribution in [0, 0.1) is 5.92 Å². The maximum Gasteiger partial charge on any atom is 0.317 e. The molecule has 0 radical (unpaired) electrons. The monoisotopic (exact) mass is 344 g/mol. The topological polar surface area (TPSA) is 41.6 Å². The van der Waals surface area contributed by atoms with E-state index in [9.17, 15) is 4.79 Å². The normalized spacial score (nSPS) is 18.9. The first-order valence-corrected chi connectivity index (χ1v) is 9.95. The smallest absolute Gasteiger partial charge is 0.317 e. The minimum absolute atomic E-state index is 0.0594. The van der Waals surface area contributed by atoms with Crippen molar-refractivity contribution >= 4 is 6.03 Å². The van der Waals surface area contributed by atoms with Crippen molar-refractivity contribution in [3.63, 3.8) is 0 Å². The van der Waals surface area contributed by atoms with E-state index < -0.39 is 0 Å². The molecule has 0 aromatic heterocycles. The molecule has 2 aliphatic rings. The number of nitrogens with zero attached hydrogens (tertiary/aromatic N) is 1. The Morgan fingerprint density at radius 3 is 2.60 bits per heavy atom. The Balaban J connectivity index is 1.44. The fourth-order valence-electron chi connectivity index (χ4n) is 3.58. The Labute approximate surface area is 151 Å². The number of nitrogens with one attached hydrogen (secondary N) is 1. The second-order valence-corrected chi connectivity index (χ2v) is 7.55. The third kappa shape index (κ3) is 5.74. The van der Waals surface area contributed by atoms with Gasteiger partial charge in [0.15, 0.2) is 0 Å². The van der Waals surface area contributed by atoms with Gasteiger partial charge in [-0.2, -0.15) is 0 Å². The second-order valence-electron chi connectivity index (χ2n) is 7.55. The Hall–Kier alpha value is -1.55. The molecule has 1 aromatic rings. The third-order valence-corrected chi connectivity index (χ3v) is 5.42. The van der Waals surface area contributed by atoms with Gasteiger partial charge in [0, 0.05) is 19.7 Å². The van der Waals surface area contributed by atoms with Gasteiger partial charge in [0.2, 0.25) is 0 Å². The number of benzene rings is 1. The number of amides is 2. The number of carbonyl (C=O) groups is 1. The highest BCUT2D eigenvalue weighted by Crippen LogP contribution is 2.32. The van der Waals surface area contributed by atoms with Crippen LogP contribution in [0.2, 0.25) is 0 Å². The summed E-state index contributed by atoms with van der Waals surface area (Å²) in [4.78, 5) is 14.7. The van der Waals surface area contributed by atoms with E-state index in [-0.39, 0.29) is 12.1 Å². The molecule has 1 unspecified atom stereocenters. The molecule has 0 heterocycles. The lowest BCUT2D eigenvalue weighted by Crippen LogP contribution is -2.43. The van der Waals surface area contributed by atoms with Gasteiger partial charge in [-0.1, -0.05) is 43.2 Å². The van der Waals surface area contributed by atoms with Crippen LogP contribution in [0.1, 0.15) is 63.5 Å². The minimum Gasteiger partial charge on any atom is -0.378 e. The highest BCUT2D eigenvalue weighted by Gasteiger charge is 2.30. The van der Waals surface area contributed by atoms with Crippen LogP contribution in [0.5, 0.6) is 0 Å². The molecule has 2 amide bonds. The third-order valence-electron chi connectivity index (χ3n) is 5.42. The van der Waals surface area contributed by atoms with Crippen molar-refractivity contribution in [2.45, 2.75) is 64.0 Å². The summed E-state index contributed by atoms with van der Waals surface area (Å²) in [5, 5.41) is 3.10. The molecule has 4 nitrogen and oxygen atoms in total. The lowest BCUT2D eigenvalue weighted by molar-refractivity contribution is 0.0569. The van der Waals surface area contributed by atoms with E-state index in [0.717, 1.165) is 19.6 Å². The van der Waals surface area contributed by atoms with Gasteiger partial charge < -0.3 is 15.0 Å². The van der Waals surface area contributed by atoms with Crippen LogP contribution in [0.3, 0.4) is 0 Å². The number of hydrogen-bond acceptors (Lipinski definition) is 2. The number of urea groups is 1. The number of hydrogen-bond donors (Lipinski definition) is 1. The van der Waals surface area contributed by atoms with Gasteiger partial charge in [0.25, 0.3) is 0 Å². The fourth-order valence-corrected chi connectivity index (χ4v) is 3.58. The molecule has 3 rings (SSSR count). The fraction of sp³-hybridized carbons (Fsp3) is 0.667. The van der Waals surface area contributed by atoms with Crippen LogP contribution in [0.15, 0.2) is 30.3 Å². The Bertz CT molecular complexity index is 524. The summed E-state index contributed by atoms with van der Waals surface area (Å²) in [6.07, 6.45) is 8.86. The molecular weight excluding hydrogens is 312 g/mol. The summed E-state index contributed by atoms with van der Waals surface area (Å²) in [7, 11) is 0. The van der Waals surface area contributed by atoms with Crippen molar-refractivity contribution < 1.29 is 9.53 Å². The standard InChI is InChI=1S/C21H32N2O2/c1-17(19-8-3-2-4-9-19)23(16-18-12-13-18)21(24)22-14-7-15-25-20-10-5-6-11-20/h2-4,8-9,17-18,20H,5-7,10-16H2,1H3,(H,22,24). The van der Waals surface area contributed by atoms with Crippen molar-refractivity contribution in [1.29, 1.82) is 0 Å². The number of ether oxygens (including phenoxy) is 1. The summed E-state index contributed by atoms with van der Waals surface area (Å²) in [5.74, 6) is 0.683. The van der Waals surface area contributed by atoms with Crippen molar-refractivity contribution in [2.24, 2.45) is 5.92 Å². The van der Waals surface area contributed by atoms with Crippen LogP contribution in [0.4, 0.5) is 4.79 Å². The van der Waals surface area contributed by atoms with Crippen LogP contribution >= 0.6 is 0 Å². The maximum atomic E-state index is 12.7. The second kappa shape index (κ2) is 9.23. The zero-order valence-electron chi connectivity index (χ0n) is 15.5. The first kappa shape index (κ1) is 18.2. The van der Waals surface area contributed by atoms with Crippen molar-refractivity contribution in [3.8, 4) is 0 Å². The molecule has 2 aliphatic carbocycles. The molecule has 138 valence electrons. The van der Waals surface area contributed by atoms with E-state index >= 15 is 0 Å². The molecule has 0 spiro atoms. The lowest BCUT2D eigenvalue weighted by atomic mass is 10.1. The average Bonchev–Trinajstić information content (AvgIpc) is 3.32. The van der Waals surface area contributed by atoms with Gasteiger partial charge in [-0.3, -0.25) is 0 Å². The van der Waals surface area contributed by atoms with Crippen molar-refractivity contribution in [3.05, 3.63) is 35.9 Å². The van der Waals surface area contributed by atoms with Crippen LogP contribution in [-0.4, -0.2) is 36.7 Å². The highest BCUT2D eigenvalue weighted by molar-refractivity contribution is 5.74. The quantitative estimate of drug-likeness (QED) is 0.669. The van der Waals surface area contributed by atoms with E-state index in [4.69, 9.17) is 4.74 Å². The van der Waals surface area contributed by atoms with E-state index in [2.05, 4.69) is 24.4 Å². The Kier molecular flexibility index (Phi) is 6.74. The van der Waals surface area contributed by atoms with Crippen LogP contribution in [0.25, 0.3) is 0 Å². The van der Waals surface area contributed by atoms with E-state index in [0.29, 0.717) is 18.6 Å². The molecule has 0 aliphatic heterocycles. The minimum atomic E-state index is 0.0594. The number of carbonyl (C=O) groups excluding carboxylic acids is 1. The lowest BCUT2D eigenvalue weighted by Gasteiger charge is -2.30.